The Morgan fingerprint density at radius 3 is 2.42 bits per heavy atom. The molecule has 1 aromatic heterocycles. The molecule has 1 fully saturated rings. The summed E-state index contributed by atoms with van der Waals surface area (Å²) in [5.41, 5.74) is 6.55. The van der Waals surface area contributed by atoms with Crippen molar-refractivity contribution in [3.63, 3.8) is 0 Å². The van der Waals surface area contributed by atoms with Crippen LogP contribution in [0, 0.1) is 6.92 Å². The van der Waals surface area contributed by atoms with Crippen molar-refractivity contribution in [1.82, 2.24) is 9.88 Å². The van der Waals surface area contributed by atoms with E-state index >= 15 is 0 Å². The van der Waals surface area contributed by atoms with Crippen LogP contribution in [0.2, 0.25) is 0 Å². The molecule has 0 aliphatic carbocycles. The molecular weight excluding hydrogens is 472 g/mol. The third-order valence-corrected chi connectivity index (χ3v) is 7.16. The van der Waals surface area contributed by atoms with Gasteiger partial charge in [0.1, 0.15) is 17.6 Å². The van der Waals surface area contributed by atoms with Gasteiger partial charge in [-0.05, 0) is 86.5 Å². The summed E-state index contributed by atoms with van der Waals surface area (Å²) < 4.78 is 11.7. The summed E-state index contributed by atoms with van der Waals surface area (Å²) in [5, 5.41) is 0. The van der Waals surface area contributed by atoms with Crippen LogP contribution < -0.4 is 9.47 Å². The summed E-state index contributed by atoms with van der Waals surface area (Å²) in [4.78, 5) is 20.1. The van der Waals surface area contributed by atoms with Gasteiger partial charge in [0.2, 0.25) is 0 Å². The molecule has 0 N–H and O–H groups in total. The van der Waals surface area contributed by atoms with E-state index in [4.69, 9.17) is 9.47 Å². The molecular formula is C33H34N2O3. The van der Waals surface area contributed by atoms with E-state index < -0.39 is 0 Å². The van der Waals surface area contributed by atoms with Crippen molar-refractivity contribution in [2.24, 2.45) is 0 Å². The molecule has 0 saturated carbocycles. The zero-order valence-corrected chi connectivity index (χ0v) is 22.3. The summed E-state index contributed by atoms with van der Waals surface area (Å²) in [5.74, 6) is 1.70. The fourth-order valence-corrected chi connectivity index (χ4v) is 4.91. The number of carbonyl (C=O) groups excluding carboxylic acids is 1. The highest BCUT2D eigenvalue weighted by Crippen LogP contribution is 2.32. The van der Waals surface area contributed by atoms with Gasteiger partial charge >= 0.3 is 0 Å². The van der Waals surface area contributed by atoms with Crippen LogP contribution in [0.1, 0.15) is 34.3 Å². The summed E-state index contributed by atoms with van der Waals surface area (Å²) >= 11 is 0. The molecule has 0 atom stereocenters. The Kier molecular flexibility index (Phi) is 7.85. The van der Waals surface area contributed by atoms with E-state index in [0.29, 0.717) is 5.56 Å². The Bertz CT molecular complexity index is 1390. The first-order chi connectivity index (χ1) is 18.5. The average Bonchev–Trinajstić information content (AvgIpc) is 2.95. The summed E-state index contributed by atoms with van der Waals surface area (Å²) in [6.45, 7) is 4.21. The zero-order chi connectivity index (χ0) is 26.5. The van der Waals surface area contributed by atoms with E-state index in [1.807, 2.05) is 66.7 Å². The molecule has 4 aromatic rings. The van der Waals surface area contributed by atoms with E-state index in [9.17, 15) is 4.79 Å². The Hall–Kier alpha value is -3.96. The summed E-state index contributed by atoms with van der Waals surface area (Å²) in [6.07, 6.45) is 4.48. The highest BCUT2D eigenvalue weighted by atomic mass is 16.5. The smallest absolute Gasteiger partial charge is 0.167 e. The lowest BCUT2D eigenvalue weighted by Crippen LogP contribution is -2.35. The van der Waals surface area contributed by atoms with Gasteiger partial charge in [0.05, 0.1) is 12.8 Å². The van der Waals surface area contributed by atoms with Crippen molar-refractivity contribution in [2.45, 2.75) is 32.3 Å². The van der Waals surface area contributed by atoms with Crippen molar-refractivity contribution in [3.8, 4) is 33.9 Å². The topological polar surface area (TPSA) is 51.7 Å². The monoisotopic (exact) mass is 506 g/mol. The van der Waals surface area contributed by atoms with E-state index in [1.54, 1.807) is 13.3 Å². The number of ether oxygens (including phenoxy) is 2. The van der Waals surface area contributed by atoms with Crippen molar-refractivity contribution in [1.29, 1.82) is 0 Å². The normalized spacial score (nSPS) is 14.3. The van der Waals surface area contributed by atoms with Crippen LogP contribution in [0.15, 0.2) is 85.1 Å². The maximum Gasteiger partial charge on any atom is 0.167 e. The van der Waals surface area contributed by atoms with Gasteiger partial charge in [-0.15, -0.1) is 0 Å². The minimum Gasteiger partial charge on any atom is -0.496 e. The minimum atomic E-state index is 0.0477. The third-order valence-electron chi connectivity index (χ3n) is 7.16. The molecule has 0 spiro atoms. The summed E-state index contributed by atoms with van der Waals surface area (Å²) in [7, 11) is 3.81. The lowest BCUT2D eigenvalue weighted by Gasteiger charge is -2.29. The molecule has 0 unspecified atom stereocenters. The predicted molar refractivity (Wildman–Crippen MR) is 152 cm³/mol. The predicted octanol–water partition coefficient (Wildman–Crippen LogP) is 6.63. The van der Waals surface area contributed by atoms with E-state index in [2.05, 4.69) is 36.0 Å². The Morgan fingerprint density at radius 2 is 1.74 bits per heavy atom. The van der Waals surface area contributed by atoms with Crippen molar-refractivity contribution < 1.29 is 14.3 Å². The molecule has 0 amide bonds. The quantitative estimate of drug-likeness (QED) is 0.251. The second-order valence-corrected chi connectivity index (χ2v) is 10.1. The van der Waals surface area contributed by atoms with Crippen LogP contribution in [0.25, 0.3) is 22.4 Å². The van der Waals surface area contributed by atoms with Gasteiger partial charge in [0, 0.05) is 42.4 Å². The number of methoxy groups -OCH3 is 1. The van der Waals surface area contributed by atoms with Gasteiger partial charge in [-0.2, -0.15) is 0 Å². The molecule has 38 heavy (non-hydrogen) atoms. The Balaban J connectivity index is 1.25. The van der Waals surface area contributed by atoms with Gasteiger partial charge in [0.15, 0.2) is 5.78 Å². The van der Waals surface area contributed by atoms with E-state index in [-0.39, 0.29) is 18.3 Å². The van der Waals surface area contributed by atoms with Crippen molar-refractivity contribution in [3.05, 3.63) is 102 Å². The number of aromatic nitrogens is 1. The van der Waals surface area contributed by atoms with Crippen molar-refractivity contribution >= 4 is 5.78 Å². The molecule has 5 heteroatoms. The number of hydrogen-bond acceptors (Lipinski definition) is 5. The molecule has 5 nitrogen and oxygen atoms in total. The number of Topliss-reactive ketones (excluding diaryl/α,β-unsaturated/α-hetero) is 1. The average molecular weight is 507 g/mol. The first kappa shape index (κ1) is 25.7. The van der Waals surface area contributed by atoms with Gasteiger partial charge in [-0.25, -0.2) is 0 Å². The molecule has 2 heterocycles. The number of rotatable bonds is 8. The Morgan fingerprint density at radius 1 is 0.947 bits per heavy atom. The maximum atomic E-state index is 13.2. The SMILES string of the molecule is COc1ccc(C(=O)Cc2ccc(-c3ccc(OC4CCN(C)CC4)cc3)nc2)cc1-c1cccc(C)c1. The zero-order valence-electron chi connectivity index (χ0n) is 22.3. The first-order valence-corrected chi connectivity index (χ1v) is 13.2. The van der Waals surface area contributed by atoms with Gasteiger partial charge in [-0.3, -0.25) is 9.78 Å². The van der Waals surface area contributed by atoms with E-state index in [0.717, 1.165) is 70.9 Å². The molecule has 0 radical (unpaired) electrons. The van der Waals surface area contributed by atoms with Gasteiger partial charge < -0.3 is 14.4 Å². The minimum absolute atomic E-state index is 0.0477. The largest absolute Gasteiger partial charge is 0.496 e. The van der Waals surface area contributed by atoms with Gasteiger partial charge in [-0.1, -0.05) is 35.9 Å². The van der Waals surface area contributed by atoms with Crippen LogP contribution >= 0.6 is 0 Å². The molecule has 194 valence electrons. The lowest BCUT2D eigenvalue weighted by atomic mass is 9.97. The summed E-state index contributed by atoms with van der Waals surface area (Å²) in [6, 6.07) is 25.9. The fraction of sp³-hybridized carbons (Fsp3) is 0.273. The second-order valence-electron chi connectivity index (χ2n) is 10.1. The highest BCUT2D eigenvalue weighted by Gasteiger charge is 2.18. The number of piperidine rings is 1. The van der Waals surface area contributed by atoms with Gasteiger partial charge in [0.25, 0.3) is 0 Å². The Labute approximate surface area is 225 Å². The first-order valence-electron chi connectivity index (χ1n) is 13.2. The van der Waals surface area contributed by atoms with Crippen LogP contribution in [-0.2, 0) is 6.42 Å². The van der Waals surface area contributed by atoms with Crippen molar-refractivity contribution in [2.75, 3.05) is 27.2 Å². The number of likely N-dealkylation sites (tertiary alicyclic amines) is 1. The standard InChI is InChI=1S/C33H34N2O3/c1-23-5-4-6-26(19-23)30-21-27(10-14-33(30)37-3)32(36)20-24-7-13-31(34-22-24)25-8-11-28(12-9-25)38-29-15-17-35(2)18-16-29/h4-14,19,21-22,29H,15-18,20H2,1-3H3. The number of ketones is 1. The number of carbonyl (C=O) groups is 1. The highest BCUT2D eigenvalue weighted by molar-refractivity contribution is 5.99. The molecule has 1 aliphatic rings. The van der Waals surface area contributed by atoms with Crippen LogP contribution in [0.5, 0.6) is 11.5 Å². The molecule has 0 bridgehead atoms. The second kappa shape index (κ2) is 11.6. The maximum absolute atomic E-state index is 13.2. The number of pyridine rings is 1. The molecule has 5 rings (SSSR count). The fourth-order valence-electron chi connectivity index (χ4n) is 4.91. The lowest BCUT2D eigenvalue weighted by molar-refractivity contribution is 0.0993. The number of benzene rings is 3. The molecule has 3 aromatic carbocycles. The number of nitrogens with zero attached hydrogens (tertiary/aromatic N) is 2. The third kappa shape index (κ3) is 6.12. The van der Waals surface area contributed by atoms with Crippen LogP contribution in [-0.4, -0.2) is 49.0 Å². The van der Waals surface area contributed by atoms with E-state index in [1.165, 1.54) is 0 Å². The van der Waals surface area contributed by atoms with Crippen LogP contribution in [0.3, 0.4) is 0 Å². The van der Waals surface area contributed by atoms with Crippen LogP contribution in [0.4, 0.5) is 0 Å². The number of aryl methyl sites for hydroxylation is 1. The number of hydrogen-bond donors (Lipinski definition) is 0. The molecule has 1 aliphatic heterocycles. The molecule has 1 saturated heterocycles.